The zero-order chi connectivity index (χ0) is 27.5. The van der Waals surface area contributed by atoms with Gasteiger partial charge in [0.15, 0.2) is 11.3 Å². The molecular formula is C26H33NO10. The van der Waals surface area contributed by atoms with Crippen LogP contribution in [0.4, 0.5) is 0 Å². The predicted molar refractivity (Wildman–Crippen MR) is 135 cm³/mol. The van der Waals surface area contributed by atoms with Gasteiger partial charge in [0.1, 0.15) is 18.1 Å². The Morgan fingerprint density at radius 3 is 2.16 bits per heavy atom. The molecule has 3 N–H and O–H groups in total. The Hall–Kier alpha value is -3.96. The number of likely N-dealkylation sites (N-methyl/N-ethyl adjacent to an activating group) is 1. The molecule has 0 saturated carbocycles. The highest BCUT2D eigenvalue weighted by Gasteiger charge is 2.29. The molecule has 2 aromatic carbocycles. The third-order valence-electron chi connectivity index (χ3n) is 5.40. The Morgan fingerprint density at radius 2 is 1.59 bits per heavy atom. The van der Waals surface area contributed by atoms with Crippen LogP contribution >= 0.6 is 0 Å². The summed E-state index contributed by atoms with van der Waals surface area (Å²) in [4.78, 5) is 20.2. The predicted octanol–water partition coefficient (Wildman–Crippen LogP) is 3.22. The Labute approximate surface area is 214 Å². The van der Waals surface area contributed by atoms with Crippen LogP contribution < -0.4 is 18.9 Å². The number of aliphatic carboxylic acids is 2. The summed E-state index contributed by atoms with van der Waals surface area (Å²) in [6, 6.07) is 9.60. The number of aliphatic hydroxyl groups is 1. The molecule has 1 aromatic heterocycles. The highest BCUT2D eigenvalue weighted by atomic mass is 16.5. The second kappa shape index (κ2) is 14.0. The highest BCUT2D eigenvalue weighted by molar-refractivity contribution is 6.27. The zero-order valence-electron chi connectivity index (χ0n) is 21.5. The maximum atomic E-state index is 11.3. The van der Waals surface area contributed by atoms with E-state index in [2.05, 4.69) is 0 Å². The fourth-order valence-corrected chi connectivity index (χ4v) is 3.67. The fourth-order valence-electron chi connectivity index (χ4n) is 3.67. The van der Waals surface area contributed by atoms with Crippen molar-refractivity contribution < 1.29 is 48.3 Å². The van der Waals surface area contributed by atoms with Crippen LogP contribution in [0.5, 0.6) is 23.0 Å². The third-order valence-corrected chi connectivity index (χ3v) is 5.40. The first-order valence-electron chi connectivity index (χ1n) is 11.3. The van der Waals surface area contributed by atoms with Crippen LogP contribution in [0.2, 0.25) is 0 Å². The quantitative estimate of drug-likeness (QED) is 0.321. The largest absolute Gasteiger partial charge is 0.496 e. The van der Waals surface area contributed by atoms with E-state index in [4.69, 9.17) is 43.2 Å². The van der Waals surface area contributed by atoms with Crippen LogP contribution in [0.3, 0.4) is 0 Å². The van der Waals surface area contributed by atoms with Crippen molar-refractivity contribution in [2.75, 3.05) is 48.6 Å². The first-order valence-corrected chi connectivity index (χ1v) is 11.3. The van der Waals surface area contributed by atoms with Crippen molar-refractivity contribution in [2.24, 2.45) is 0 Å². The van der Waals surface area contributed by atoms with Crippen LogP contribution in [-0.4, -0.2) is 80.7 Å². The van der Waals surface area contributed by atoms with Gasteiger partial charge >= 0.3 is 11.9 Å². The van der Waals surface area contributed by atoms with E-state index in [-0.39, 0.29) is 0 Å². The summed E-state index contributed by atoms with van der Waals surface area (Å²) < 4.78 is 28.6. The van der Waals surface area contributed by atoms with E-state index in [1.54, 1.807) is 33.7 Å². The van der Waals surface area contributed by atoms with Gasteiger partial charge in [0, 0.05) is 6.54 Å². The molecular weight excluding hydrogens is 486 g/mol. The van der Waals surface area contributed by atoms with Crippen LogP contribution in [0.25, 0.3) is 11.0 Å². The molecule has 1 atom stereocenters. The molecule has 0 fully saturated rings. The zero-order valence-corrected chi connectivity index (χ0v) is 21.5. The Morgan fingerprint density at radius 1 is 0.946 bits per heavy atom. The van der Waals surface area contributed by atoms with Crippen molar-refractivity contribution in [1.82, 2.24) is 4.90 Å². The lowest BCUT2D eigenvalue weighted by molar-refractivity contribution is -0.159. The molecule has 0 aliphatic carbocycles. The maximum absolute atomic E-state index is 11.3. The molecule has 1 unspecified atom stereocenters. The summed E-state index contributed by atoms with van der Waals surface area (Å²) in [6.45, 7) is 1.13. The number of nitrogens with zero attached hydrogens (tertiary/aromatic N) is 1. The summed E-state index contributed by atoms with van der Waals surface area (Å²) in [5, 5.41) is 26.8. The number of rotatable bonds is 11. The molecule has 0 bridgehead atoms. The highest BCUT2D eigenvalue weighted by Crippen LogP contribution is 2.49. The van der Waals surface area contributed by atoms with Crippen LogP contribution in [-0.2, 0) is 16.0 Å². The molecule has 0 aliphatic rings. The summed E-state index contributed by atoms with van der Waals surface area (Å²) in [5.41, 5.74) is 2.11. The molecule has 11 nitrogen and oxygen atoms in total. The standard InChI is InChI=1S/C24H31NO6.C2H2O4/c1-25(2)13-15-31-23-20(18(26)11-10-16-8-6-7-9-19(16)27-3)21(28-4)17-12-14-30-22(17)24(23)29-5;3-1(4)2(5)6/h6-9,12,14,18,26H,10-11,13,15H2,1-5H3;(H,3,4)(H,5,6). The van der Waals surface area contributed by atoms with E-state index in [0.29, 0.717) is 54.4 Å². The summed E-state index contributed by atoms with van der Waals surface area (Å²) in [7, 11) is 8.73. The molecule has 3 aromatic rings. The van der Waals surface area contributed by atoms with Crippen LogP contribution in [0.1, 0.15) is 23.7 Å². The Bertz CT molecular complexity index is 1180. The van der Waals surface area contributed by atoms with Crippen molar-refractivity contribution in [3.63, 3.8) is 0 Å². The number of carboxylic acids is 2. The summed E-state index contributed by atoms with van der Waals surface area (Å²) >= 11 is 0. The van der Waals surface area contributed by atoms with Gasteiger partial charge < -0.3 is 43.6 Å². The molecule has 11 heteroatoms. The number of fused-ring (bicyclic) bond motifs is 1. The third kappa shape index (κ3) is 7.51. The van der Waals surface area contributed by atoms with Gasteiger partial charge in [-0.05, 0) is 44.6 Å². The maximum Gasteiger partial charge on any atom is 0.414 e. The first-order chi connectivity index (χ1) is 17.7. The topological polar surface area (TPSA) is 148 Å². The molecule has 37 heavy (non-hydrogen) atoms. The number of hydrogen-bond acceptors (Lipinski definition) is 9. The monoisotopic (exact) mass is 519 g/mol. The van der Waals surface area contributed by atoms with Crippen molar-refractivity contribution in [2.45, 2.75) is 18.9 Å². The molecule has 0 amide bonds. The number of methoxy groups -OCH3 is 3. The van der Waals surface area contributed by atoms with E-state index in [9.17, 15) is 5.11 Å². The SMILES string of the molecule is COc1ccccc1CCC(O)c1c(OCCN(C)C)c(OC)c2occc2c1OC.O=C(O)C(=O)O. The number of aliphatic hydroxyl groups excluding tert-OH is 1. The number of benzene rings is 2. The normalized spacial score (nSPS) is 11.4. The number of aryl methyl sites for hydroxylation is 1. The van der Waals surface area contributed by atoms with Crippen molar-refractivity contribution in [3.8, 4) is 23.0 Å². The van der Waals surface area contributed by atoms with E-state index in [1.165, 1.54) is 0 Å². The number of furan rings is 1. The molecule has 202 valence electrons. The van der Waals surface area contributed by atoms with Crippen molar-refractivity contribution in [3.05, 3.63) is 47.7 Å². The van der Waals surface area contributed by atoms with Gasteiger partial charge in [-0.3, -0.25) is 0 Å². The van der Waals surface area contributed by atoms with Gasteiger partial charge in [0.05, 0.1) is 44.6 Å². The van der Waals surface area contributed by atoms with E-state index in [0.717, 1.165) is 16.7 Å². The molecule has 0 spiro atoms. The number of para-hydroxylation sites is 1. The van der Waals surface area contributed by atoms with Crippen molar-refractivity contribution in [1.29, 1.82) is 0 Å². The minimum atomic E-state index is -1.82. The van der Waals surface area contributed by atoms with E-state index < -0.39 is 18.0 Å². The average Bonchev–Trinajstić information content (AvgIpc) is 3.36. The molecule has 0 aliphatic heterocycles. The fraction of sp³-hybridized carbons (Fsp3) is 0.385. The second-order valence-electron chi connectivity index (χ2n) is 8.10. The molecule has 1 heterocycles. The van der Waals surface area contributed by atoms with E-state index >= 15 is 0 Å². The lowest BCUT2D eigenvalue weighted by atomic mass is 9.97. The van der Waals surface area contributed by atoms with Crippen LogP contribution in [0.15, 0.2) is 41.0 Å². The minimum absolute atomic E-state index is 0.422. The number of carboxylic acid groups (broad SMARTS) is 2. The first kappa shape index (κ1) is 29.3. The van der Waals surface area contributed by atoms with Crippen LogP contribution in [0, 0.1) is 0 Å². The number of hydrogen-bond donors (Lipinski definition) is 3. The van der Waals surface area contributed by atoms with E-state index in [1.807, 2.05) is 43.3 Å². The Kier molecular flexibility index (Phi) is 11.0. The van der Waals surface area contributed by atoms with Gasteiger partial charge in [0.25, 0.3) is 0 Å². The number of ether oxygens (including phenoxy) is 4. The molecule has 3 rings (SSSR count). The lowest BCUT2D eigenvalue weighted by Crippen LogP contribution is -2.20. The van der Waals surface area contributed by atoms with Gasteiger partial charge in [-0.2, -0.15) is 0 Å². The molecule has 0 saturated heterocycles. The number of carbonyl (C=O) groups is 2. The summed E-state index contributed by atoms with van der Waals surface area (Å²) in [5.74, 6) is -1.43. The van der Waals surface area contributed by atoms with Gasteiger partial charge in [0.2, 0.25) is 5.75 Å². The second-order valence-corrected chi connectivity index (χ2v) is 8.10. The summed E-state index contributed by atoms with van der Waals surface area (Å²) in [6.07, 6.45) is 1.80. The van der Waals surface area contributed by atoms with Gasteiger partial charge in [-0.1, -0.05) is 18.2 Å². The van der Waals surface area contributed by atoms with Gasteiger partial charge in [-0.25, -0.2) is 9.59 Å². The van der Waals surface area contributed by atoms with Crippen molar-refractivity contribution >= 4 is 22.9 Å². The average molecular weight is 520 g/mol. The smallest absolute Gasteiger partial charge is 0.414 e. The van der Waals surface area contributed by atoms with Gasteiger partial charge in [-0.15, -0.1) is 0 Å². The Balaban J connectivity index is 0.000000717. The lowest BCUT2D eigenvalue weighted by Gasteiger charge is -2.23. The molecule has 0 radical (unpaired) electrons. The minimum Gasteiger partial charge on any atom is -0.496 e.